The number of benzene rings is 1. The van der Waals surface area contributed by atoms with E-state index in [1.807, 2.05) is 19.1 Å². The van der Waals surface area contributed by atoms with Crippen LogP contribution in [0.15, 0.2) is 22.7 Å². The fraction of sp³-hybridized carbons (Fsp3) is 0.429. The van der Waals surface area contributed by atoms with Crippen molar-refractivity contribution in [3.05, 3.63) is 28.5 Å². The number of halogens is 2. The van der Waals surface area contributed by atoms with Gasteiger partial charge in [-0.25, -0.2) is 9.97 Å². The number of rotatable bonds is 2. The van der Waals surface area contributed by atoms with Gasteiger partial charge in [0.15, 0.2) is 0 Å². The lowest BCUT2D eigenvalue weighted by molar-refractivity contribution is 0.121. The summed E-state index contributed by atoms with van der Waals surface area (Å²) in [4.78, 5) is 11.4. The van der Waals surface area contributed by atoms with Crippen molar-refractivity contribution in [2.45, 2.75) is 19.4 Å². The Morgan fingerprint density at radius 3 is 2.85 bits per heavy atom. The number of aromatic nitrogens is 2. The predicted molar refractivity (Wildman–Crippen MR) is 86.9 cm³/mol. The molecule has 0 radical (unpaired) electrons. The lowest BCUT2D eigenvalue weighted by atomic mass is 10.2. The van der Waals surface area contributed by atoms with Gasteiger partial charge in [-0.1, -0.05) is 15.9 Å². The Morgan fingerprint density at radius 2 is 2.15 bits per heavy atom. The molecule has 1 fully saturated rings. The zero-order chi connectivity index (χ0) is 13.4. The monoisotopic (exact) mass is 357 g/mol. The van der Waals surface area contributed by atoms with Crippen molar-refractivity contribution in [1.82, 2.24) is 9.97 Å². The minimum atomic E-state index is 0. The zero-order valence-electron chi connectivity index (χ0n) is 11.5. The quantitative estimate of drug-likeness (QED) is 0.825. The van der Waals surface area contributed by atoms with Gasteiger partial charge in [-0.3, -0.25) is 0 Å². The van der Waals surface area contributed by atoms with E-state index in [9.17, 15) is 0 Å². The van der Waals surface area contributed by atoms with Crippen LogP contribution in [0.4, 0.5) is 5.82 Å². The van der Waals surface area contributed by atoms with Crippen molar-refractivity contribution in [1.29, 1.82) is 0 Å². The van der Waals surface area contributed by atoms with Crippen LogP contribution in [0.3, 0.4) is 0 Å². The molecule has 1 saturated heterocycles. The van der Waals surface area contributed by atoms with Crippen molar-refractivity contribution in [2.75, 3.05) is 25.1 Å². The van der Waals surface area contributed by atoms with Gasteiger partial charge < -0.3 is 9.64 Å². The number of nitrogens with zero attached hydrogens (tertiary/aromatic N) is 3. The van der Waals surface area contributed by atoms with Gasteiger partial charge in [0.1, 0.15) is 11.6 Å². The second kappa shape index (κ2) is 6.24. The van der Waals surface area contributed by atoms with Crippen LogP contribution in [-0.4, -0.2) is 36.3 Å². The summed E-state index contributed by atoms with van der Waals surface area (Å²) in [5.74, 6) is 1.83. The van der Waals surface area contributed by atoms with Crippen LogP contribution in [0.1, 0.15) is 12.2 Å². The van der Waals surface area contributed by atoms with Crippen molar-refractivity contribution >= 4 is 45.1 Å². The molecule has 1 atom stereocenters. The molecule has 2 aromatic rings. The molecule has 0 spiro atoms. The number of methoxy groups -OCH3 is 1. The fourth-order valence-electron chi connectivity index (χ4n) is 2.55. The Balaban J connectivity index is 0.00000147. The molecule has 20 heavy (non-hydrogen) atoms. The molecular formula is C14H17BrClN3O. The second-order valence-electron chi connectivity index (χ2n) is 4.85. The first-order chi connectivity index (χ1) is 9.17. The minimum absolute atomic E-state index is 0. The molecule has 1 aromatic heterocycles. The Hall–Kier alpha value is -0.910. The predicted octanol–water partition coefficient (Wildman–Crippen LogP) is 3.35. The molecule has 108 valence electrons. The third-order valence-electron chi connectivity index (χ3n) is 3.53. The Labute approximate surface area is 133 Å². The largest absolute Gasteiger partial charge is 0.380 e. The van der Waals surface area contributed by atoms with Crippen LogP contribution in [0, 0.1) is 6.92 Å². The molecule has 2 heterocycles. The molecule has 0 aliphatic carbocycles. The Kier molecular flexibility index (Phi) is 4.83. The van der Waals surface area contributed by atoms with E-state index in [1.165, 1.54) is 0 Å². The topological polar surface area (TPSA) is 38.2 Å². The van der Waals surface area contributed by atoms with Gasteiger partial charge in [0.25, 0.3) is 0 Å². The molecular weight excluding hydrogens is 342 g/mol. The van der Waals surface area contributed by atoms with Crippen molar-refractivity contribution in [3.63, 3.8) is 0 Å². The van der Waals surface area contributed by atoms with Gasteiger partial charge in [0, 0.05) is 30.1 Å². The normalized spacial score (nSPS) is 18.4. The summed E-state index contributed by atoms with van der Waals surface area (Å²) in [6.07, 6.45) is 1.36. The second-order valence-corrected chi connectivity index (χ2v) is 5.76. The SMILES string of the molecule is CO[C@H]1CCN(c2nc(C)nc3cc(Br)ccc23)C1.Cl. The highest BCUT2D eigenvalue weighted by Gasteiger charge is 2.24. The van der Waals surface area contributed by atoms with Crippen molar-refractivity contribution < 1.29 is 4.74 Å². The number of fused-ring (bicyclic) bond motifs is 1. The summed E-state index contributed by atoms with van der Waals surface area (Å²) in [7, 11) is 1.77. The minimum Gasteiger partial charge on any atom is -0.380 e. The molecule has 0 saturated carbocycles. The van der Waals surface area contributed by atoms with Crippen LogP contribution in [0.5, 0.6) is 0 Å². The summed E-state index contributed by atoms with van der Waals surface area (Å²) in [6.45, 7) is 3.83. The fourth-order valence-corrected chi connectivity index (χ4v) is 2.90. The number of hydrogen-bond acceptors (Lipinski definition) is 4. The maximum atomic E-state index is 5.43. The van der Waals surface area contributed by atoms with E-state index in [2.05, 4.69) is 36.9 Å². The summed E-state index contributed by atoms with van der Waals surface area (Å²) in [6, 6.07) is 6.15. The van der Waals surface area contributed by atoms with Crippen LogP contribution < -0.4 is 4.90 Å². The summed E-state index contributed by atoms with van der Waals surface area (Å²) >= 11 is 3.49. The highest BCUT2D eigenvalue weighted by Crippen LogP contribution is 2.29. The molecule has 4 nitrogen and oxygen atoms in total. The van der Waals surface area contributed by atoms with E-state index < -0.39 is 0 Å². The molecule has 0 amide bonds. The average molecular weight is 359 g/mol. The smallest absolute Gasteiger partial charge is 0.140 e. The summed E-state index contributed by atoms with van der Waals surface area (Å²) in [5, 5.41) is 1.10. The van der Waals surface area contributed by atoms with E-state index in [0.717, 1.165) is 46.5 Å². The van der Waals surface area contributed by atoms with E-state index >= 15 is 0 Å². The summed E-state index contributed by atoms with van der Waals surface area (Å²) < 4.78 is 6.47. The van der Waals surface area contributed by atoms with Crippen LogP contribution >= 0.6 is 28.3 Å². The van der Waals surface area contributed by atoms with E-state index in [1.54, 1.807) is 7.11 Å². The molecule has 1 aliphatic rings. The van der Waals surface area contributed by atoms with E-state index in [-0.39, 0.29) is 12.4 Å². The maximum absolute atomic E-state index is 5.43. The molecule has 1 aromatic carbocycles. The van der Waals surface area contributed by atoms with Gasteiger partial charge in [-0.05, 0) is 31.5 Å². The first kappa shape index (κ1) is 15.5. The van der Waals surface area contributed by atoms with Crippen LogP contribution in [0.25, 0.3) is 10.9 Å². The van der Waals surface area contributed by atoms with Gasteiger partial charge in [0.2, 0.25) is 0 Å². The van der Waals surface area contributed by atoms with Crippen LogP contribution in [-0.2, 0) is 4.74 Å². The number of aryl methyl sites for hydroxylation is 1. The van der Waals surface area contributed by atoms with Gasteiger partial charge in [0.05, 0.1) is 11.6 Å². The Bertz CT molecular complexity index is 617. The van der Waals surface area contributed by atoms with Gasteiger partial charge in [-0.15, -0.1) is 12.4 Å². The lowest BCUT2D eigenvalue weighted by Crippen LogP contribution is -2.23. The molecule has 6 heteroatoms. The number of hydrogen-bond donors (Lipinski definition) is 0. The third-order valence-corrected chi connectivity index (χ3v) is 4.02. The average Bonchev–Trinajstić information content (AvgIpc) is 2.85. The first-order valence-electron chi connectivity index (χ1n) is 6.39. The number of ether oxygens (including phenoxy) is 1. The molecule has 0 N–H and O–H groups in total. The lowest BCUT2D eigenvalue weighted by Gasteiger charge is -2.19. The molecule has 0 bridgehead atoms. The maximum Gasteiger partial charge on any atom is 0.140 e. The Morgan fingerprint density at radius 1 is 1.35 bits per heavy atom. The van der Waals surface area contributed by atoms with Gasteiger partial charge >= 0.3 is 0 Å². The highest BCUT2D eigenvalue weighted by molar-refractivity contribution is 9.10. The first-order valence-corrected chi connectivity index (χ1v) is 7.18. The highest BCUT2D eigenvalue weighted by atomic mass is 79.9. The van der Waals surface area contributed by atoms with Crippen molar-refractivity contribution in [3.8, 4) is 0 Å². The van der Waals surface area contributed by atoms with Crippen LogP contribution in [0.2, 0.25) is 0 Å². The molecule has 0 unspecified atom stereocenters. The van der Waals surface area contributed by atoms with E-state index in [4.69, 9.17) is 4.74 Å². The summed E-state index contributed by atoms with van der Waals surface area (Å²) in [5.41, 5.74) is 0.984. The standard InChI is InChI=1S/C14H16BrN3O.ClH/c1-9-16-13-7-10(15)3-4-12(13)14(17-9)18-6-5-11(8-18)19-2;/h3-4,7,11H,5-6,8H2,1-2H3;1H/t11-;/m0./s1. The van der Waals surface area contributed by atoms with Gasteiger partial charge in [-0.2, -0.15) is 0 Å². The van der Waals surface area contributed by atoms with Crippen molar-refractivity contribution in [2.24, 2.45) is 0 Å². The molecule has 1 aliphatic heterocycles. The third kappa shape index (κ3) is 2.90. The zero-order valence-corrected chi connectivity index (χ0v) is 13.9. The molecule has 3 rings (SSSR count). The number of anilines is 1. The van der Waals surface area contributed by atoms with E-state index in [0.29, 0.717) is 6.10 Å².